The number of alkyl halides is 3. The van der Waals surface area contributed by atoms with Gasteiger partial charge < -0.3 is 15.5 Å². The summed E-state index contributed by atoms with van der Waals surface area (Å²) >= 11 is 0. The first kappa shape index (κ1) is 28.6. The summed E-state index contributed by atoms with van der Waals surface area (Å²) in [5.41, 5.74) is 4.32. The van der Waals surface area contributed by atoms with Crippen molar-refractivity contribution >= 4 is 29.6 Å². The highest BCUT2D eigenvalue weighted by molar-refractivity contribution is 5.89. The maximum Gasteiger partial charge on any atom is 0.492 e. The highest BCUT2D eigenvalue weighted by Gasteiger charge is 2.45. The third-order valence-electron chi connectivity index (χ3n) is 6.33. The lowest BCUT2D eigenvalue weighted by atomic mass is 9.86. The van der Waals surface area contributed by atoms with Crippen molar-refractivity contribution in [2.45, 2.75) is 50.5 Å². The molecule has 0 aromatic heterocycles. The Labute approximate surface area is 226 Å². The van der Waals surface area contributed by atoms with E-state index in [0.29, 0.717) is 17.7 Å². The molecule has 2 aromatic carbocycles. The lowest BCUT2D eigenvalue weighted by Gasteiger charge is -2.37. The Morgan fingerprint density at radius 2 is 1.82 bits per heavy atom. The summed E-state index contributed by atoms with van der Waals surface area (Å²) in [6.45, 7) is 1.42. The molecule has 0 spiro atoms. The van der Waals surface area contributed by atoms with Gasteiger partial charge >= 0.3 is 18.2 Å². The molecule has 0 saturated carbocycles. The number of rotatable bonds is 8. The van der Waals surface area contributed by atoms with Crippen LogP contribution in [0.4, 0.5) is 23.7 Å². The van der Waals surface area contributed by atoms with E-state index in [1.165, 1.54) is 6.92 Å². The van der Waals surface area contributed by atoms with Crippen molar-refractivity contribution in [1.82, 2.24) is 21.1 Å². The number of amides is 3. The van der Waals surface area contributed by atoms with E-state index < -0.39 is 42.1 Å². The Balaban J connectivity index is 1.35. The SMILES string of the molecule is C[C@H](NC(=O)[C@H]1C[C@@H](c2ccccc2)CCN1OC(=O)C(F)(F)F)C(=O)NCc1ccc(N2NC(=O)OO2)cc1. The number of nitrogens with one attached hydrogen (secondary N) is 3. The molecule has 3 amide bonds. The van der Waals surface area contributed by atoms with Crippen molar-refractivity contribution in [3.8, 4) is 0 Å². The van der Waals surface area contributed by atoms with Gasteiger partial charge in [0.05, 0.1) is 5.69 Å². The van der Waals surface area contributed by atoms with Crippen LogP contribution in [0.25, 0.3) is 0 Å². The van der Waals surface area contributed by atoms with Gasteiger partial charge in [-0.05, 0) is 53.9 Å². The summed E-state index contributed by atoms with van der Waals surface area (Å²) in [6.07, 6.45) is -5.57. The van der Waals surface area contributed by atoms with Crippen LogP contribution in [0, 0.1) is 0 Å². The molecular weight excluding hydrogens is 539 g/mol. The highest BCUT2D eigenvalue weighted by Crippen LogP contribution is 2.33. The maximum atomic E-state index is 13.1. The minimum Gasteiger partial charge on any atom is -0.360 e. The number of hydrazine groups is 1. The molecule has 0 radical (unpaired) electrons. The first-order valence-electron chi connectivity index (χ1n) is 12.2. The predicted molar refractivity (Wildman–Crippen MR) is 130 cm³/mol. The van der Waals surface area contributed by atoms with Gasteiger partial charge in [-0.25, -0.2) is 19.9 Å². The number of hydroxylamine groups is 2. The minimum absolute atomic E-state index is 0.0773. The van der Waals surface area contributed by atoms with E-state index in [2.05, 4.69) is 30.8 Å². The summed E-state index contributed by atoms with van der Waals surface area (Å²) in [4.78, 5) is 61.8. The fourth-order valence-electron chi connectivity index (χ4n) is 4.24. The van der Waals surface area contributed by atoms with E-state index in [1.807, 2.05) is 30.3 Å². The minimum atomic E-state index is -5.23. The smallest absolute Gasteiger partial charge is 0.360 e. The average molecular weight is 566 g/mol. The first-order chi connectivity index (χ1) is 19.0. The molecular formula is C25H26F3N5O7. The molecule has 214 valence electrons. The molecule has 3 N–H and O–H groups in total. The first-order valence-corrected chi connectivity index (χ1v) is 12.2. The monoisotopic (exact) mass is 565 g/mol. The van der Waals surface area contributed by atoms with Crippen molar-refractivity contribution in [3.63, 3.8) is 0 Å². The second-order valence-electron chi connectivity index (χ2n) is 9.13. The van der Waals surface area contributed by atoms with Crippen LogP contribution in [0.2, 0.25) is 0 Å². The van der Waals surface area contributed by atoms with Crippen LogP contribution in [0.1, 0.15) is 36.8 Å². The number of carbonyl (C=O) groups is 4. The van der Waals surface area contributed by atoms with Crippen LogP contribution in [0.5, 0.6) is 0 Å². The zero-order valence-electron chi connectivity index (χ0n) is 21.1. The van der Waals surface area contributed by atoms with Gasteiger partial charge in [0.2, 0.25) is 11.8 Å². The van der Waals surface area contributed by atoms with Gasteiger partial charge in [0, 0.05) is 13.1 Å². The van der Waals surface area contributed by atoms with Crippen molar-refractivity contribution < 1.29 is 47.1 Å². The fraction of sp³-hybridized carbons (Fsp3) is 0.360. The molecule has 15 heteroatoms. The second-order valence-corrected chi connectivity index (χ2v) is 9.13. The number of piperidine rings is 1. The largest absolute Gasteiger partial charge is 0.492 e. The summed E-state index contributed by atoms with van der Waals surface area (Å²) < 4.78 is 38.5. The zero-order valence-corrected chi connectivity index (χ0v) is 21.1. The van der Waals surface area contributed by atoms with Crippen molar-refractivity contribution in [2.75, 3.05) is 11.7 Å². The van der Waals surface area contributed by atoms with Crippen LogP contribution in [-0.4, -0.2) is 53.7 Å². The molecule has 0 bridgehead atoms. The molecule has 0 aliphatic carbocycles. The van der Waals surface area contributed by atoms with Gasteiger partial charge in [-0.2, -0.15) is 13.2 Å². The molecule has 2 aliphatic rings. The van der Waals surface area contributed by atoms with E-state index in [4.69, 9.17) is 0 Å². The molecule has 4 rings (SSSR count). The van der Waals surface area contributed by atoms with E-state index in [9.17, 15) is 32.3 Å². The number of nitrogens with zero attached hydrogens (tertiary/aromatic N) is 2. The maximum absolute atomic E-state index is 13.1. The zero-order chi connectivity index (χ0) is 28.9. The lowest BCUT2D eigenvalue weighted by molar-refractivity contribution is -0.249. The number of carbonyl (C=O) groups excluding carboxylic acids is 4. The molecule has 2 aromatic rings. The number of benzene rings is 2. The van der Waals surface area contributed by atoms with Crippen molar-refractivity contribution in [3.05, 3.63) is 65.7 Å². The van der Waals surface area contributed by atoms with Crippen LogP contribution in [0.3, 0.4) is 0 Å². The van der Waals surface area contributed by atoms with E-state index in [1.54, 1.807) is 24.3 Å². The third-order valence-corrected chi connectivity index (χ3v) is 6.33. The molecule has 3 atom stereocenters. The Morgan fingerprint density at radius 3 is 2.45 bits per heavy atom. The van der Waals surface area contributed by atoms with E-state index >= 15 is 0 Å². The molecule has 40 heavy (non-hydrogen) atoms. The molecule has 0 unspecified atom stereocenters. The second kappa shape index (κ2) is 12.2. The third kappa shape index (κ3) is 7.18. The average Bonchev–Trinajstić information content (AvgIpc) is 3.38. The predicted octanol–water partition coefficient (Wildman–Crippen LogP) is 2.38. The number of hydrogen-bond donors (Lipinski definition) is 3. The van der Waals surface area contributed by atoms with Gasteiger partial charge in [-0.3, -0.25) is 9.59 Å². The fourth-order valence-corrected chi connectivity index (χ4v) is 4.24. The molecule has 2 fully saturated rings. The van der Waals surface area contributed by atoms with Crippen LogP contribution in [0.15, 0.2) is 54.6 Å². The van der Waals surface area contributed by atoms with E-state index in [-0.39, 0.29) is 25.4 Å². The van der Waals surface area contributed by atoms with Gasteiger partial charge in [0.1, 0.15) is 12.1 Å². The summed E-state index contributed by atoms with van der Waals surface area (Å²) in [7, 11) is 0. The topological polar surface area (TPSA) is 139 Å². The number of halogens is 3. The van der Waals surface area contributed by atoms with Gasteiger partial charge in [0.25, 0.3) is 0 Å². The van der Waals surface area contributed by atoms with E-state index in [0.717, 1.165) is 15.8 Å². The van der Waals surface area contributed by atoms with Crippen molar-refractivity contribution in [1.29, 1.82) is 0 Å². The van der Waals surface area contributed by atoms with Gasteiger partial charge in [-0.1, -0.05) is 42.5 Å². The molecule has 2 heterocycles. The Kier molecular flexibility index (Phi) is 8.74. The van der Waals surface area contributed by atoms with Crippen molar-refractivity contribution in [2.24, 2.45) is 0 Å². The Morgan fingerprint density at radius 1 is 1.12 bits per heavy atom. The number of anilines is 1. The Hall–Kier alpha value is -4.37. The van der Waals surface area contributed by atoms with Gasteiger partial charge in [-0.15, -0.1) is 10.2 Å². The summed E-state index contributed by atoms with van der Waals surface area (Å²) in [5.74, 6) is -3.89. The number of hydrogen-bond acceptors (Lipinski definition) is 9. The lowest BCUT2D eigenvalue weighted by Crippen LogP contribution is -2.55. The molecule has 2 saturated heterocycles. The molecule has 2 aliphatic heterocycles. The van der Waals surface area contributed by atoms with Crippen LogP contribution < -0.4 is 21.2 Å². The summed E-state index contributed by atoms with van der Waals surface area (Å²) in [5, 5.41) is 6.90. The van der Waals surface area contributed by atoms with Crippen LogP contribution in [-0.2, 0) is 35.6 Å². The van der Waals surface area contributed by atoms with Gasteiger partial charge in [0.15, 0.2) is 0 Å². The quantitative estimate of drug-likeness (QED) is 0.412. The summed E-state index contributed by atoms with van der Waals surface area (Å²) in [6, 6.07) is 13.4. The standard InChI is InChI=1S/C25H26F3N5O7/c1-15(21(34)29-14-16-7-9-19(10-8-16)33-31-24(37)39-40-33)30-22(35)20-13-18(17-5-3-2-4-6-17)11-12-32(20)38-23(36)25(26,27)28/h2-10,15,18,20H,11-14H2,1H3,(H,29,34)(H,30,35)(H,31,37)/t15-,18-,20+/m0/s1. The van der Waals surface area contributed by atoms with Crippen LogP contribution >= 0.6 is 0 Å². The molecule has 12 nitrogen and oxygen atoms in total. The highest BCUT2D eigenvalue weighted by atomic mass is 19.4. The normalized spacial score (nSPS) is 20.2. The Bertz CT molecular complexity index is 1230.